The van der Waals surface area contributed by atoms with Crippen LogP contribution in [0.3, 0.4) is 0 Å². The van der Waals surface area contributed by atoms with E-state index in [1.807, 2.05) is 35.2 Å². The number of carbonyl (C=O) groups is 1. The first-order valence-corrected chi connectivity index (χ1v) is 8.04. The first kappa shape index (κ1) is 15.4. The van der Waals surface area contributed by atoms with E-state index in [0.717, 1.165) is 36.6 Å². The van der Waals surface area contributed by atoms with Gasteiger partial charge in [-0.15, -0.1) is 0 Å². The fraction of sp³-hybridized carbons (Fsp3) is 0.316. The van der Waals surface area contributed by atoms with E-state index in [2.05, 4.69) is 31.3 Å². The minimum Gasteiger partial charge on any atom is -0.481 e. The molecule has 4 nitrogen and oxygen atoms in total. The van der Waals surface area contributed by atoms with Gasteiger partial charge in [0.1, 0.15) is 5.75 Å². The van der Waals surface area contributed by atoms with Crippen LogP contribution in [-0.2, 0) is 11.3 Å². The highest BCUT2D eigenvalue weighted by Crippen LogP contribution is 2.34. The monoisotopic (exact) mass is 310 g/mol. The van der Waals surface area contributed by atoms with Crippen LogP contribution in [0.15, 0.2) is 42.5 Å². The number of anilines is 2. The molecule has 0 radical (unpaired) electrons. The summed E-state index contributed by atoms with van der Waals surface area (Å²) in [4.78, 5) is 13.8. The van der Waals surface area contributed by atoms with E-state index in [1.165, 1.54) is 11.1 Å². The Bertz CT molecular complexity index is 712. The van der Waals surface area contributed by atoms with E-state index in [1.54, 1.807) is 0 Å². The van der Waals surface area contributed by atoms with Crippen molar-refractivity contribution in [1.82, 2.24) is 0 Å². The molecule has 0 spiro atoms. The lowest BCUT2D eigenvalue weighted by Gasteiger charge is -2.29. The third-order valence-corrected chi connectivity index (χ3v) is 4.09. The summed E-state index contributed by atoms with van der Waals surface area (Å²) in [5, 5.41) is 3.43. The number of nitrogens with one attached hydrogen (secondary N) is 1. The van der Waals surface area contributed by atoms with Gasteiger partial charge >= 0.3 is 0 Å². The van der Waals surface area contributed by atoms with Gasteiger partial charge < -0.3 is 15.0 Å². The second kappa shape index (κ2) is 6.73. The van der Waals surface area contributed by atoms with E-state index in [4.69, 9.17) is 4.74 Å². The standard InChI is InChI=1S/C19H22N2O2/c1-3-10-21-17-9-8-16(11-18(17)23-13-19(21)22)20-12-15-7-5-4-6-14(15)2/h4-9,11,20H,3,10,12-13H2,1-2H3. The van der Waals surface area contributed by atoms with Gasteiger partial charge in [-0.3, -0.25) is 4.79 Å². The molecule has 0 unspecified atom stereocenters. The van der Waals surface area contributed by atoms with Crippen LogP contribution in [0, 0.1) is 6.92 Å². The molecule has 1 aliphatic heterocycles. The summed E-state index contributed by atoms with van der Waals surface area (Å²) >= 11 is 0. The molecular weight excluding hydrogens is 288 g/mol. The lowest BCUT2D eigenvalue weighted by atomic mass is 10.1. The quantitative estimate of drug-likeness (QED) is 0.914. The number of carbonyl (C=O) groups excluding carboxylic acids is 1. The predicted octanol–water partition coefficient (Wildman–Crippen LogP) is 3.74. The Morgan fingerprint density at radius 2 is 2.04 bits per heavy atom. The molecular formula is C19H22N2O2. The van der Waals surface area contributed by atoms with Crippen LogP contribution < -0.4 is 15.0 Å². The summed E-state index contributed by atoms with van der Waals surface area (Å²) in [5.41, 5.74) is 4.41. The second-order valence-electron chi connectivity index (χ2n) is 5.80. The minimum absolute atomic E-state index is 0.0277. The van der Waals surface area contributed by atoms with Gasteiger partial charge in [-0.2, -0.15) is 0 Å². The lowest BCUT2D eigenvalue weighted by Crippen LogP contribution is -2.39. The fourth-order valence-electron chi connectivity index (χ4n) is 2.79. The third-order valence-electron chi connectivity index (χ3n) is 4.09. The molecule has 3 rings (SSSR count). The first-order chi connectivity index (χ1) is 11.2. The van der Waals surface area contributed by atoms with Crippen LogP contribution in [0.25, 0.3) is 0 Å². The van der Waals surface area contributed by atoms with Crippen molar-refractivity contribution in [3.05, 3.63) is 53.6 Å². The summed E-state index contributed by atoms with van der Waals surface area (Å²) < 4.78 is 5.60. The van der Waals surface area contributed by atoms with E-state index < -0.39 is 0 Å². The molecule has 0 fully saturated rings. The summed E-state index contributed by atoms with van der Waals surface area (Å²) in [6, 6.07) is 14.3. The molecule has 0 bridgehead atoms. The van der Waals surface area contributed by atoms with E-state index in [0.29, 0.717) is 0 Å². The van der Waals surface area contributed by atoms with E-state index >= 15 is 0 Å². The van der Waals surface area contributed by atoms with Crippen molar-refractivity contribution in [2.24, 2.45) is 0 Å². The molecule has 2 aromatic rings. The highest BCUT2D eigenvalue weighted by atomic mass is 16.5. The maximum absolute atomic E-state index is 12.0. The Balaban J connectivity index is 1.76. The zero-order chi connectivity index (χ0) is 16.2. The van der Waals surface area contributed by atoms with Crippen LogP contribution >= 0.6 is 0 Å². The van der Waals surface area contributed by atoms with Gasteiger partial charge in [0.05, 0.1) is 5.69 Å². The Morgan fingerprint density at radius 1 is 1.22 bits per heavy atom. The van der Waals surface area contributed by atoms with Gasteiger partial charge in [-0.1, -0.05) is 31.2 Å². The van der Waals surface area contributed by atoms with Gasteiger partial charge in [-0.25, -0.2) is 0 Å². The average molecular weight is 310 g/mol. The molecule has 1 N–H and O–H groups in total. The van der Waals surface area contributed by atoms with Crippen LogP contribution in [-0.4, -0.2) is 19.1 Å². The van der Waals surface area contributed by atoms with Gasteiger partial charge in [0.15, 0.2) is 6.61 Å². The maximum atomic E-state index is 12.0. The fourth-order valence-corrected chi connectivity index (χ4v) is 2.79. The average Bonchev–Trinajstić information content (AvgIpc) is 2.57. The number of benzene rings is 2. The van der Waals surface area contributed by atoms with Crippen LogP contribution in [0.4, 0.5) is 11.4 Å². The van der Waals surface area contributed by atoms with Crippen molar-refractivity contribution in [2.75, 3.05) is 23.4 Å². The Morgan fingerprint density at radius 3 is 2.83 bits per heavy atom. The second-order valence-corrected chi connectivity index (χ2v) is 5.80. The largest absolute Gasteiger partial charge is 0.481 e. The molecule has 1 amide bonds. The maximum Gasteiger partial charge on any atom is 0.265 e. The SMILES string of the molecule is CCCN1C(=O)COc2cc(NCc3ccccc3C)ccc21. The number of nitrogens with zero attached hydrogens (tertiary/aromatic N) is 1. The van der Waals surface area contributed by atoms with Crippen LogP contribution in [0.1, 0.15) is 24.5 Å². The summed E-state index contributed by atoms with van der Waals surface area (Å²) in [6.07, 6.45) is 0.929. The smallest absolute Gasteiger partial charge is 0.265 e. The normalized spacial score (nSPS) is 13.5. The first-order valence-electron chi connectivity index (χ1n) is 8.04. The molecule has 0 aliphatic carbocycles. The van der Waals surface area contributed by atoms with Crippen LogP contribution in [0.2, 0.25) is 0 Å². The molecule has 0 saturated heterocycles. The van der Waals surface area contributed by atoms with Gasteiger partial charge in [-0.05, 0) is 36.6 Å². The zero-order valence-electron chi connectivity index (χ0n) is 13.6. The summed E-state index contributed by atoms with van der Waals surface area (Å²) in [6.45, 7) is 5.80. The van der Waals surface area contributed by atoms with E-state index in [9.17, 15) is 4.79 Å². The highest BCUT2D eigenvalue weighted by molar-refractivity contribution is 5.98. The van der Waals surface area contributed by atoms with Gasteiger partial charge in [0.25, 0.3) is 5.91 Å². The number of hydrogen-bond donors (Lipinski definition) is 1. The predicted molar refractivity (Wildman–Crippen MR) is 93.1 cm³/mol. The number of ether oxygens (including phenoxy) is 1. The van der Waals surface area contributed by atoms with Gasteiger partial charge in [0, 0.05) is 24.8 Å². The topological polar surface area (TPSA) is 41.6 Å². The van der Waals surface area contributed by atoms with Crippen molar-refractivity contribution >= 4 is 17.3 Å². The van der Waals surface area contributed by atoms with Crippen molar-refractivity contribution in [1.29, 1.82) is 0 Å². The number of fused-ring (bicyclic) bond motifs is 1. The summed E-state index contributed by atoms with van der Waals surface area (Å²) in [5.74, 6) is 0.799. The molecule has 1 aliphatic rings. The molecule has 4 heteroatoms. The zero-order valence-corrected chi connectivity index (χ0v) is 13.6. The number of hydrogen-bond acceptors (Lipinski definition) is 3. The number of rotatable bonds is 5. The molecule has 0 atom stereocenters. The Kier molecular flexibility index (Phi) is 4.51. The van der Waals surface area contributed by atoms with Crippen molar-refractivity contribution in [2.45, 2.75) is 26.8 Å². The molecule has 0 saturated carbocycles. The van der Waals surface area contributed by atoms with E-state index in [-0.39, 0.29) is 12.5 Å². The molecule has 1 heterocycles. The molecule has 120 valence electrons. The third kappa shape index (κ3) is 3.31. The van der Waals surface area contributed by atoms with Crippen molar-refractivity contribution in [3.8, 4) is 5.75 Å². The Labute approximate surface area is 137 Å². The van der Waals surface area contributed by atoms with Crippen molar-refractivity contribution in [3.63, 3.8) is 0 Å². The minimum atomic E-state index is 0.0277. The highest BCUT2D eigenvalue weighted by Gasteiger charge is 2.24. The Hall–Kier alpha value is -2.49. The molecule has 0 aromatic heterocycles. The van der Waals surface area contributed by atoms with Crippen molar-refractivity contribution < 1.29 is 9.53 Å². The molecule has 23 heavy (non-hydrogen) atoms. The van der Waals surface area contributed by atoms with Crippen LogP contribution in [0.5, 0.6) is 5.75 Å². The molecule has 2 aromatic carbocycles. The number of amides is 1. The lowest BCUT2D eigenvalue weighted by molar-refractivity contribution is -0.121. The summed E-state index contributed by atoms with van der Waals surface area (Å²) in [7, 11) is 0. The number of aryl methyl sites for hydroxylation is 1. The van der Waals surface area contributed by atoms with Gasteiger partial charge in [0.2, 0.25) is 0 Å².